The Morgan fingerprint density at radius 2 is 2.08 bits per heavy atom. The molecule has 0 bridgehead atoms. The average molecular weight is 407 g/mol. The molecular formula is C17H11ClN2O4S2. The van der Waals surface area contributed by atoms with Gasteiger partial charge in [-0.15, -0.1) is 0 Å². The van der Waals surface area contributed by atoms with Gasteiger partial charge >= 0.3 is 0 Å². The highest BCUT2D eigenvalue weighted by atomic mass is 35.5. The third-order valence-corrected chi connectivity index (χ3v) is 5.11. The lowest BCUT2D eigenvalue weighted by atomic mass is 10.1. The molecule has 3 rings (SSSR count). The zero-order valence-corrected chi connectivity index (χ0v) is 15.7. The van der Waals surface area contributed by atoms with E-state index >= 15 is 0 Å². The summed E-state index contributed by atoms with van der Waals surface area (Å²) in [5.41, 5.74) is 0.894. The number of amides is 1. The van der Waals surface area contributed by atoms with E-state index in [2.05, 4.69) is 0 Å². The number of carbonyl (C=O) groups excluding carboxylic acids is 1. The van der Waals surface area contributed by atoms with Crippen molar-refractivity contribution >= 4 is 63.3 Å². The third kappa shape index (κ3) is 3.57. The van der Waals surface area contributed by atoms with Crippen molar-refractivity contribution in [3.63, 3.8) is 0 Å². The lowest BCUT2D eigenvalue weighted by Gasteiger charge is -2.14. The minimum absolute atomic E-state index is 0.0950. The number of benzene rings is 2. The average Bonchev–Trinajstić information content (AvgIpc) is 2.88. The van der Waals surface area contributed by atoms with Gasteiger partial charge < -0.3 is 4.74 Å². The van der Waals surface area contributed by atoms with E-state index < -0.39 is 4.92 Å². The number of rotatable bonds is 4. The Morgan fingerprint density at radius 1 is 1.31 bits per heavy atom. The Balaban J connectivity index is 2.00. The molecule has 9 heteroatoms. The van der Waals surface area contributed by atoms with Crippen molar-refractivity contribution in [2.45, 2.75) is 0 Å². The second kappa shape index (κ2) is 7.45. The number of nitro groups is 1. The second-order valence-electron chi connectivity index (χ2n) is 5.18. The van der Waals surface area contributed by atoms with E-state index in [0.717, 1.165) is 11.8 Å². The number of halogens is 1. The number of hydrogen-bond donors (Lipinski definition) is 0. The lowest BCUT2D eigenvalue weighted by molar-refractivity contribution is -0.384. The fourth-order valence-corrected chi connectivity index (χ4v) is 3.87. The van der Waals surface area contributed by atoms with Gasteiger partial charge in [-0.05, 0) is 30.3 Å². The van der Waals surface area contributed by atoms with Gasteiger partial charge in [-0.2, -0.15) is 0 Å². The van der Waals surface area contributed by atoms with Gasteiger partial charge in [-0.3, -0.25) is 19.8 Å². The van der Waals surface area contributed by atoms with Crippen LogP contribution in [0.15, 0.2) is 47.4 Å². The maximum Gasteiger partial charge on any atom is 0.270 e. The molecule has 26 heavy (non-hydrogen) atoms. The first-order chi connectivity index (χ1) is 12.4. The summed E-state index contributed by atoms with van der Waals surface area (Å²) in [7, 11) is 1.45. The summed E-state index contributed by atoms with van der Waals surface area (Å²) >= 11 is 12.4. The molecule has 0 atom stereocenters. The Labute approximate surface area is 163 Å². The monoisotopic (exact) mass is 406 g/mol. The number of ether oxygens (including phenoxy) is 1. The van der Waals surface area contributed by atoms with Crippen LogP contribution in [0.2, 0.25) is 5.02 Å². The van der Waals surface area contributed by atoms with Crippen LogP contribution in [-0.2, 0) is 4.79 Å². The number of nitro benzene ring substituents is 1. The number of hydrogen-bond acceptors (Lipinski definition) is 6. The van der Waals surface area contributed by atoms with Crippen molar-refractivity contribution in [2.24, 2.45) is 0 Å². The van der Waals surface area contributed by atoms with Crippen LogP contribution < -0.4 is 9.64 Å². The highest BCUT2D eigenvalue weighted by Gasteiger charge is 2.33. The van der Waals surface area contributed by atoms with Crippen molar-refractivity contribution in [3.05, 3.63) is 68.1 Å². The zero-order valence-electron chi connectivity index (χ0n) is 13.3. The van der Waals surface area contributed by atoms with Gasteiger partial charge in [0, 0.05) is 22.7 Å². The van der Waals surface area contributed by atoms with Crippen LogP contribution in [0, 0.1) is 10.1 Å². The fourth-order valence-electron chi connectivity index (χ4n) is 2.39. The van der Waals surface area contributed by atoms with Gasteiger partial charge in [0.25, 0.3) is 11.6 Å². The molecule has 0 saturated carbocycles. The first-order valence-electron chi connectivity index (χ1n) is 7.26. The molecule has 1 heterocycles. The summed E-state index contributed by atoms with van der Waals surface area (Å²) in [6.45, 7) is 0. The van der Waals surface area contributed by atoms with Crippen LogP contribution >= 0.6 is 35.6 Å². The van der Waals surface area contributed by atoms with Crippen LogP contribution in [0.1, 0.15) is 5.56 Å². The number of methoxy groups -OCH3 is 1. The molecule has 0 N–H and O–H groups in total. The van der Waals surface area contributed by atoms with Crippen molar-refractivity contribution in [1.29, 1.82) is 0 Å². The minimum Gasteiger partial charge on any atom is -0.496 e. The first-order valence-corrected chi connectivity index (χ1v) is 8.87. The highest BCUT2D eigenvalue weighted by molar-refractivity contribution is 8.27. The smallest absolute Gasteiger partial charge is 0.270 e. The van der Waals surface area contributed by atoms with E-state index in [1.54, 1.807) is 24.3 Å². The fraction of sp³-hybridized carbons (Fsp3) is 0.0588. The Morgan fingerprint density at radius 3 is 2.73 bits per heavy atom. The standard InChI is InChI=1S/C17H11ClN2O4S2/c1-24-14-6-5-13(20(22)23)7-10(14)8-15-16(21)19(17(25)26-15)12-4-2-3-11(18)9-12/h2-9H,1H3/b15-8-. The number of carbonyl (C=O) groups is 1. The van der Waals surface area contributed by atoms with Crippen LogP contribution in [0.5, 0.6) is 5.75 Å². The van der Waals surface area contributed by atoms with Gasteiger partial charge in [0.05, 0.1) is 22.6 Å². The molecule has 2 aromatic carbocycles. The molecule has 1 amide bonds. The van der Waals surface area contributed by atoms with Crippen LogP contribution in [0.25, 0.3) is 6.08 Å². The molecule has 1 fully saturated rings. The maximum atomic E-state index is 12.8. The number of anilines is 1. The molecule has 132 valence electrons. The molecule has 0 unspecified atom stereocenters. The summed E-state index contributed by atoms with van der Waals surface area (Å²) in [5.74, 6) is 0.0967. The summed E-state index contributed by atoms with van der Waals surface area (Å²) in [5, 5.41) is 11.5. The molecular weight excluding hydrogens is 396 g/mol. The number of thiocarbonyl (C=S) groups is 1. The van der Waals surface area contributed by atoms with Gasteiger partial charge in [0.15, 0.2) is 4.32 Å². The molecule has 1 saturated heterocycles. The quantitative estimate of drug-likeness (QED) is 0.318. The normalized spacial score (nSPS) is 15.6. The van der Waals surface area contributed by atoms with Crippen molar-refractivity contribution < 1.29 is 14.5 Å². The summed E-state index contributed by atoms with van der Waals surface area (Å²) in [6.07, 6.45) is 1.54. The molecule has 0 aromatic heterocycles. The summed E-state index contributed by atoms with van der Waals surface area (Å²) < 4.78 is 5.58. The molecule has 0 spiro atoms. The van der Waals surface area contributed by atoms with E-state index in [0.29, 0.717) is 31.2 Å². The van der Waals surface area contributed by atoms with E-state index in [1.807, 2.05) is 0 Å². The molecule has 6 nitrogen and oxygen atoms in total. The van der Waals surface area contributed by atoms with E-state index in [9.17, 15) is 14.9 Å². The van der Waals surface area contributed by atoms with E-state index in [1.165, 1.54) is 36.3 Å². The van der Waals surface area contributed by atoms with Crippen molar-refractivity contribution in [2.75, 3.05) is 12.0 Å². The second-order valence-corrected chi connectivity index (χ2v) is 7.29. The largest absolute Gasteiger partial charge is 0.496 e. The summed E-state index contributed by atoms with van der Waals surface area (Å²) in [6, 6.07) is 11.0. The van der Waals surface area contributed by atoms with Gasteiger partial charge in [-0.1, -0.05) is 41.6 Å². The number of non-ortho nitro benzene ring substituents is 1. The molecule has 1 aliphatic rings. The molecule has 1 aliphatic heterocycles. The third-order valence-electron chi connectivity index (χ3n) is 3.57. The van der Waals surface area contributed by atoms with E-state index in [4.69, 9.17) is 28.6 Å². The Hall–Kier alpha value is -2.42. The predicted octanol–water partition coefficient (Wildman–Crippen LogP) is 4.66. The van der Waals surface area contributed by atoms with Gasteiger partial charge in [0.1, 0.15) is 5.75 Å². The SMILES string of the molecule is COc1ccc([N+](=O)[O-])cc1/C=C1\SC(=S)N(c2cccc(Cl)c2)C1=O. The van der Waals surface area contributed by atoms with Gasteiger partial charge in [0.2, 0.25) is 0 Å². The van der Waals surface area contributed by atoms with Crippen LogP contribution in [-0.4, -0.2) is 22.3 Å². The number of thioether (sulfide) groups is 1. The first kappa shape index (κ1) is 18.4. The summed E-state index contributed by atoms with van der Waals surface area (Å²) in [4.78, 5) is 25.0. The van der Waals surface area contributed by atoms with Crippen LogP contribution in [0.4, 0.5) is 11.4 Å². The van der Waals surface area contributed by atoms with Gasteiger partial charge in [-0.25, -0.2) is 0 Å². The zero-order chi connectivity index (χ0) is 18.8. The topological polar surface area (TPSA) is 72.7 Å². The molecule has 0 aliphatic carbocycles. The molecule has 0 radical (unpaired) electrons. The Bertz CT molecular complexity index is 962. The van der Waals surface area contributed by atoms with Crippen molar-refractivity contribution in [1.82, 2.24) is 0 Å². The van der Waals surface area contributed by atoms with Crippen molar-refractivity contribution in [3.8, 4) is 5.75 Å². The lowest BCUT2D eigenvalue weighted by Crippen LogP contribution is -2.27. The highest BCUT2D eigenvalue weighted by Crippen LogP contribution is 2.38. The number of nitrogens with zero attached hydrogens (tertiary/aromatic N) is 2. The molecule has 2 aromatic rings. The Kier molecular flexibility index (Phi) is 5.26. The maximum absolute atomic E-state index is 12.8. The van der Waals surface area contributed by atoms with E-state index in [-0.39, 0.29) is 11.6 Å². The predicted molar refractivity (Wildman–Crippen MR) is 107 cm³/mol. The van der Waals surface area contributed by atoms with Crippen LogP contribution in [0.3, 0.4) is 0 Å². The minimum atomic E-state index is -0.506.